The van der Waals surface area contributed by atoms with Crippen LogP contribution in [0.25, 0.3) is 0 Å². The summed E-state index contributed by atoms with van der Waals surface area (Å²) in [4.78, 5) is 14.3. The molecular weight excluding hydrogens is 292 g/mol. The number of hydrogen-bond donors (Lipinski definition) is 1. The van der Waals surface area contributed by atoms with E-state index in [1.54, 1.807) is 0 Å². The van der Waals surface area contributed by atoms with E-state index >= 15 is 0 Å². The number of nitrogens with zero attached hydrogens (tertiary/aromatic N) is 1. The first-order chi connectivity index (χ1) is 11.1. The minimum absolute atomic E-state index is 0.0183. The van der Waals surface area contributed by atoms with Crippen molar-refractivity contribution in [3.05, 3.63) is 35.4 Å². The quantitative estimate of drug-likeness (QED) is 0.928. The number of benzene rings is 1. The molecule has 1 unspecified atom stereocenters. The maximum absolute atomic E-state index is 12.4. The first-order valence-corrected chi connectivity index (χ1v) is 8.43. The molecule has 0 radical (unpaired) electrons. The zero-order valence-electron chi connectivity index (χ0n) is 14.0. The summed E-state index contributed by atoms with van der Waals surface area (Å²) in [5.74, 6) is -0.187. The van der Waals surface area contributed by atoms with Gasteiger partial charge in [-0.15, -0.1) is 0 Å². The van der Waals surface area contributed by atoms with Gasteiger partial charge in [0.05, 0.1) is 13.2 Å². The van der Waals surface area contributed by atoms with Crippen molar-refractivity contribution in [2.75, 3.05) is 26.3 Å². The fourth-order valence-electron chi connectivity index (χ4n) is 3.42. The van der Waals surface area contributed by atoms with Gasteiger partial charge in [-0.2, -0.15) is 0 Å². The molecule has 2 aliphatic rings. The van der Waals surface area contributed by atoms with Gasteiger partial charge in [0.15, 0.2) is 5.79 Å². The second kappa shape index (κ2) is 6.89. The number of carbonyl (C=O) groups is 1. The van der Waals surface area contributed by atoms with E-state index in [0.29, 0.717) is 32.2 Å². The Morgan fingerprint density at radius 1 is 1.30 bits per heavy atom. The van der Waals surface area contributed by atoms with Crippen molar-refractivity contribution < 1.29 is 14.3 Å². The lowest BCUT2D eigenvalue weighted by atomic mass is 10.00. The number of hydrogen-bond acceptors (Lipinski definition) is 3. The number of carbonyl (C=O) groups excluding carboxylic acids is 1. The van der Waals surface area contributed by atoms with Crippen LogP contribution in [0.4, 0.5) is 4.79 Å². The second-order valence-electron chi connectivity index (χ2n) is 6.77. The molecule has 1 aromatic carbocycles. The molecule has 1 N–H and O–H groups in total. The highest BCUT2D eigenvalue weighted by Gasteiger charge is 2.32. The van der Waals surface area contributed by atoms with Gasteiger partial charge in [0, 0.05) is 26.1 Å². The zero-order valence-corrected chi connectivity index (χ0v) is 14.0. The zero-order chi connectivity index (χ0) is 16.3. The van der Waals surface area contributed by atoms with Crippen molar-refractivity contribution in [2.45, 2.75) is 39.0 Å². The van der Waals surface area contributed by atoms with Crippen LogP contribution in [0.15, 0.2) is 24.3 Å². The monoisotopic (exact) mass is 318 g/mol. The molecule has 3 rings (SSSR count). The smallest absolute Gasteiger partial charge is 0.317 e. The molecule has 126 valence electrons. The Bertz CT molecular complexity index is 555. The second-order valence-corrected chi connectivity index (χ2v) is 6.77. The van der Waals surface area contributed by atoms with Crippen LogP contribution in [-0.4, -0.2) is 43.0 Å². The van der Waals surface area contributed by atoms with E-state index < -0.39 is 5.79 Å². The fraction of sp³-hybridized carbons (Fsp3) is 0.611. The number of amides is 2. The van der Waals surface area contributed by atoms with Crippen molar-refractivity contribution in [1.82, 2.24) is 10.2 Å². The Labute approximate surface area is 137 Å². The van der Waals surface area contributed by atoms with Crippen LogP contribution in [0.3, 0.4) is 0 Å². The van der Waals surface area contributed by atoms with Gasteiger partial charge in [0.2, 0.25) is 0 Å². The molecule has 2 amide bonds. The van der Waals surface area contributed by atoms with E-state index in [2.05, 4.69) is 30.4 Å². The lowest BCUT2D eigenvalue weighted by Crippen LogP contribution is -2.44. The molecule has 0 saturated carbocycles. The molecule has 2 heterocycles. The fourth-order valence-corrected chi connectivity index (χ4v) is 3.42. The summed E-state index contributed by atoms with van der Waals surface area (Å²) in [6, 6.07) is 8.36. The van der Waals surface area contributed by atoms with E-state index in [-0.39, 0.29) is 6.03 Å². The van der Waals surface area contributed by atoms with E-state index in [1.165, 1.54) is 11.1 Å². The summed E-state index contributed by atoms with van der Waals surface area (Å²) in [5.41, 5.74) is 2.61. The summed E-state index contributed by atoms with van der Waals surface area (Å²) >= 11 is 0. The van der Waals surface area contributed by atoms with Crippen LogP contribution in [0.1, 0.15) is 31.4 Å². The minimum Gasteiger partial charge on any atom is -0.348 e. The summed E-state index contributed by atoms with van der Waals surface area (Å²) in [5, 5.41) is 3.05. The van der Waals surface area contributed by atoms with Gasteiger partial charge in [-0.1, -0.05) is 31.2 Å². The van der Waals surface area contributed by atoms with E-state index in [1.807, 2.05) is 17.9 Å². The van der Waals surface area contributed by atoms with E-state index in [4.69, 9.17) is 9.47 Å². The third-order valence-corrected chi connectivity index (χ3v) is 4.64. The first kappa shape index (κ1) is 16.3. The van der Waals surface area contributed by atoms with Crippen LogP contribution in [0, 0.1) is 5.92 Å². The highest BCUT2D eigenvalue weighted by Crippen LogP contribution is 2.26. The lowest BCUT2D eigenvalue weighted by molar-refractivity contribution is -0.153. The maximum atomic E-state index is 12.4. The third-order valence-electron chi connectivity index (χ3n) is 4.64. The Hall–Kier alpha value is -1.59. The standard InChI is InChI=1S/C18H26N2O3/c1-14(11-18(2)22-9-10-23-18)12-19-17(21)20-8-7-15-5-3-4-6-16(15)13-20/h3-6,14H,7-13H2,1-2H3,(H,19,21). The largest absolute Gasteiger partial charge is 0.348 e. The number of urea groups is 1. The lowest BCUT2D eigenvalue weighted by Gasteiger charge is -2.30. The van der Waals surface area contributed by atoms with Gasteiger partial charge in [-0.3, -0.25) is 0 Å². The first-order valence-electron chi connectivity index (χ1n) is 8.43. The molecule has 5 heteroatoms. The Morgan fingerprint density at radius 2 is 2.00 bits per heavy atom. The summed E-state index contributed by atoms with van der Waals surface area (Å²) in [7, 11) is 0. The van der Waals surface area contributed by atoms with Crippen LogP contribution < -0.4 is 5.32 Å². The van der Waals surface area contributed by atoms with Crippen molar-refractivity contribution >= 4 is 6.03 Å². The van der Waals surface area contributed by atoms with Crippen LogP contribution in [-0.2, 0) is 22.4 Å². The Kier molecular flexibility index (Phi) is 4.87. The Balaban J connectivity index is 1.46. The summed E-state index contributed by atoms with van der Waals surface area (Å²) in [6.07, 6.45) is 1.72. The maximum Gasteiger partial charge on any atom is 0.317 e. The molecule has 1 fully saturated rings. The molecule has 1 atom stereocenters. The molecule has 0 spiro atoms. The van der Waals surface area contributed by atoms with Gasteiger partial charge in [0.25, 0.3) is 0 Å². The van der Waals surface area contributed by atoms with Gasteiger partial charge in [-0.25, -0.2) is 4.79 Å². The van der Waals surface area contributed by atoms with E-state index in [0.717, 1.165) is 19.4 Å². The number of rotatable bonds is 4. The molecule has 5 nitrogen and oxygen atoms in total. The molecule has 2 aliphatic heterocycles. The number of nitrogens with one attached hydrogen (secondary N) is 1. The van der Waals surface area contributed by atoms with Gasteiger partial charge >= 0.3 is 6.03 Å². The molecule has 1 aromatic rings. The van der Waals surface area contributed by atoms with Crippen LogP contribution in [0.5, 0.6) is 0 Å². The van der Waals surface area contributed by atoms with Crippen molar-refractivity contribution in [3.8, 4) is 0 Å². The number of fused-ring (bicyclic) bond motifs is 1. The number of ether oxygens (including phenoxy) is 2. The highest BCUT2D eigenvalue weighted by atomic mass is 16.7. The molecule has 0 aliphatic carbocycles. The molecule has 1 saturated heterocycles. The summed E-state index contributed by atoms with van der Waals surface area (Å²) in [6.45, 7) is 7.51. The van der Waals surface area contributed by atoms with Crippen molar-refractivity contribution in [2.24, 2.45) is 5.92 Å². The van der Waals surface area contributed by atoms with Crippen molar-refractivity contribution in [1.29, 1.82) is 0 Å². The molecule has 23 heavy (non-hydrogen) atoms. The molecular formula is C18H26N2O3. The van der Waals surface area contributed by atoms with Crippen LogP contribution >= 0.6 is 0 Å². The van der Waals surface area contributed by atoms with Gasteiger partial charge in [0.1, 0.15) is 0 Å². The highest BCUT2D eigenvalue weighted by molar-refractivity contribution is 5.74. The SMILES string of the molecule is CC(CNC(=O)N1CCc2ccccc2C1)CC1(C)OCCO1. The molecule has 0 bridgehead atoms. The Morgan fingerprint density at radius 3 is 2.74 bits per heavy atom. The minimum atomic E-state index is -0.492. The van der Waals surface area contributed by atoms with E-state index in [9.17, 15) is 4.79 Å². The topological polar surface area (TPSA) is 50.8 Å². The normalized spacial score (nSPS) is 20.9. The predicted molar refractivity (Wildman–Crippen MR) is 88.0 cm³/mol. The molecule has 0 aromatic heterocycles. The summed E-state index contributed by atoms with van der Waals surface area (Å²) < 4.78 is 11.3. The van der Waals surface area contributed by atoms with Crippen LogP contribution in [0.2, 0.25) is 0 Å². The van der Waals surface area contributed by atoms with Crippen molar-refractivity contribution in [3.63, 3.8) is 0 Å². The average Bonchev–Trinajstić information content (AvgIpc) is 2.98. The van der Waals surface area contributed by atoms with Gasteiger partial charge < -0.3 is 19.7 Å². The average molecular weight is 318 g/mol. The van der Waals surface area contributed by atoms with Gasteiger partial charge in [-0.05, 0) is 30.4 Å². The third kappa shape index (κ3) is 4.03. The predicted octanol–water partition coefficient (Wildman–Crippen LogP) is 2.54.